The number of carbonyl (C=O) groups excluding carboxylic acids is 1. The largest absolute Gasteiger partial charge is 0.385 e. The molecule has 2 N–H and O–H groups in total. The summed E-state index contributed by atoms with van der Waals surface area (Å²) < 4.78 is 2.58. The summed E-state index contributed by atoms with van der Waals surface area (Å²) in [7, 11) is 1.84. The van der Waals surface area contributed by atoms with E-state index in [1.54, 1.807) is 18.2 Å². The number of aryl methyl sites for hydroxylation is 1. The highest BCUT2D eigenvalue weighted by Crippen LogP contribution is 2.21. The Morgan fingerprint density at radius 2 is 2.25 bits per heavy atom. The van der Waals surface area contributed by atoms with Gasteiger partial charge in [-0.25, -0.2) is 0 Å². The normalized spacial score (nSPS) is 12.2. The molecular weight excluding hydrogens is 344 g/mol. The summed E-state index contributed by atoms with van der Waals surface area (Å²) in [4.78, 5) is 12.0. The number of hydrogen-bond donors (Lipinski definition) is 2. The molecule has 0 saturated heterocycles. The Hall–Kier alpha value is -1.30. The Kier molecular flexibility index (Phi) is 4.86. The molecule has 106 valence electrons. The summed E-state index contributed by atoms with van der Waals surface area (Å²) in [6, 6.07) is 8.70. The molecule has 1 amide bonds. The molecule has 6 heteroatoms. The Balaban J connectivity index is 2.02. The maximum Gasteiger partial charge on any atom is 0.252 e. The molecule has 0 unspecified atom stereocenters. The average molecular weight is 358 g/mol. The van der Waals surface area contributed by atoms with E-state index in [0.717, 1.165) is 10.2 Å². The molecule has 0 radical (unpaired) electrons. The molecule has 0 saturated carbocycles. The van der Waals surface area contributed by atoms with E-state index in [2.05, 4.69) is 21.2 Å². The molecule has 1 atom stereocenters. The third kappa shape index (κ3) is 3.42. The fourth-order valence-electron chi connectivity index (χ4n) is 1.88. The molecule has 0 bridgehead atoms. The maximum atomic E-state index is 12.0. The van der Waals surface area contributed by atoms with Gasteiger partial charge in [0.05, 0.1) is 10.6 Å². The van der Waals surface area contributed by atoms with Crippen molar-refractivity contribution in [1.29, 1.82) is 0 Å². The lowest BCUT2D eigenvalue weighted by Gasteiger charge is -2.13. The van der Waals surface area contributed by atoms with Crippen LogP contribution in [0, 0.1) is 0 Å². The Morgan fingerprint density at radius 3 is 2.90 bits per heavy atom. The van der Waals surface area contributed by atoms with Crippen molar-refractivity contribution in [1.82, 2.24) is 9.88 Å². The van der Waals surface area contributed by atoms with Crippen molar-refractivity contribution in [3.63, 3.8) is 0 Å². The van der Waals surface area contributed by atoms with Crippen LogP contribution in [0.25, 0.3) is 0 Å². The summed E-state index contributed by atoms with van der Waals surface area (Å²) in [5.41, 5.74) is 1.12. The third-order valence-electron chi connectivity index (χ3n) is 2.95. The van der Waals surface area contributed by atoms with Crippen LogP contribution in [-0.4, -0.2) is 22.1 Å². The number of rotatable bonds is 4. The predicted octanol–water partition coefficient (Wildman–Crippen LogP) is 2.90. The lowest BCUT2D eigenvalue weighted by atomic mass is 10.2. The van der Waals surface area contributed by atoms with Gasteiger partial charge in [-0.15, -0.1) is 0 Å². The van der Waals surface area contributed by atoms with Crippen LogP contribution in [0.2, 0.25) is 5.02 Å². The Morgan fingerprint density at radius 1 is 1.50 bits per heavy atom. The van der Waals surface area contributed by atoms with Crippen LogP contribution in [0.1, 0.15) is 22.2 Å². The number of nitrogens with one attached hydrogen (secondary N) is 1. The summed E-state index contributed by atoms with van der Waals surface area (Å²) in [6.07, 6.45) is 1.08. The molecule has 0 fully saturated rings. The van der Waals surface area contributed by atoms with Crippen molar-refractivity contribution in [2.45, 2.75) is 6.10 Å². The van der Waals surface area contributed by atoms with Crippen molar-refractivity contribution in [2.24, 2.45) is 7.05 Å². The molecule has 2 aromatic rings. The number of aliphatic hydroxyl groups excluding tert-OH is 1. The van der Waals surface area contributed by atoms with Crippen molar-refractivity contribution in [3.8, 4) is 0 Å². The van der Waals surface area contributed by atoms with Crippen molar-refractivity contribution >= 4 is 33.4 Å². The van der Waals surface area contributed by atoms with Crippen molar-refractivity contribution in [3.05, 3.63) is 57.3 Å². The molecule has 1 heterocycles. The predicted molar refractivity (Wildman–Crippen MR) is 81.9 cm³/mol. The number of carbonyl (C=O) groups is 1. The van der Waals surface area contributed by atoms with Gasteiger partial charge < -0.3 is 15.0 Å². The standard InChI is InChI=1S/C14H14BrClN2O2/c1-18-6-2-3-12(18)13(19)8-17-14(20)10-7-9(15)4-5-11(10)16/h2-7,13,19H,8H2,1H3,(H,17,20)/t13-/m1/s1. The highest BCUT2D eigenvalue weighted by Gasteiger charge is 2.15. The number of aliphatic hydroxyl groups is 1. The van der Waals surface area contributed by atoms with Gasteiger partial charge in [0.15, 0.2) is 0 Å². The summed E-state index contributed by atoms with van der Waals surface area (Å²) in [5, 5.41) is 13.1. The fraction of sp³-hybridized carbons (Fsp3) is 0.214. The summed E-state index contributed by atoms with van der Waals surface area (Å²) in [5.74, 6) is -0.315. The minimum Gasteiger partial charge on any atom is -0.385 e. The molecule has 0 aliphatic heterocycles. The van der Waals surface area contributed by atoms with E-state index in [1.165, 1.54) is 0 Å². The quantitative estimate of drug-likeness (QED) is 0.884. The second-order valence-corrected chi connectivity index (χ2v) is 5.72. The molecule has 20 heavy (non-hydrogen) atoms. The zero-order valence-electron chi connectivity index (χ0n) is 10.8. The van der Waals surface area contributed by atoms with Gasteiger partial charge in [-0.1, -0.05) is 27.5 Å². The van der Waals surface area contributed by atoms with Crippen LogP contribution in [0.15, 0.2) is 41.0 Å². The van der Waals surface area contributed by atoms with E-state index in [-0.39, 0.29) is 12.5 Å². The Labute approximate surface area is 130 Å². The number of hydrogen-bond acceptors (Lipinski definition) is 2. The molecule has 4 nitrogen and oxygen atoms in total. The maximum absolute atomic E-state index is 12.0. The number of halogens is 2. The van der Waals surface area contributed by atoms with E-state index < -0.39 is 6.10 Å². The van der Waals surface area contributed by atoms with Gasteiger partial charge >= 0.3 is 0 Å². The lowest BCUT2D eigenvalue weighted by molar-refractivity contribution is 0.0912. The second kappa shape index (κ2) is 6.43. The first kappa shape index (κ1) is 15.1. The number of amides is 1. The lowest BCUT2D eigenvalue weighted by Crippen LogP contribution is -2.29. The van der Waals surface area contributed by atoms with Crippen LogP contribution >= 0.6 is 27.5 Å². The van der Waals surface area contributed by atoms with Crippen LogP contribution < -0.4 is 5.32 Å². The van der Waals surface area contributed by atoms with Crippen molar-refractivity contribution < 1.29 is 9.90 Å². The highest BCUT2D eigenvalue weighted by molar-refractivity contribution is 9.10. The smallest absolute Gasteiger partial charge is 0.252 e. The first-order chi connectivity index (χ1) is 9.49. The fourth-order valence-corrected chi connectivity index (χ4v) is 2.45. The van der Waals surface area contributed by atoms with Gasteiger partial charge in [0.2, 0.25) is 0 Å². The van der Waals surface area contributed by atoms with E-state index >= 15 is 0 Å². The van der Waals surface area contributed by atoms with Crippen LogP contribution in [0.4, 0.5) is 0 Å². The molecule has 0 aliphatic rings. The molecule has 1 aromatic heterocycles. The number of nitrogens with zero attached hydrogens (tertiary/aromatic N) is 1. The highest BCUT2D eigenvalue weighted by atomic mass is 79.9. The zero-order chi connectivity index (χ0) is 14.7. The van der Waals surface area contributed by atoms with E-state index in [9.17, 15) is 9.90 Å². The van der Waals surface area contributed by atoms with Crippen molar-refractivity contribution in [2.75, 3.05) is 6.54 Å². The average Bonchev–Trinajstić information content (AvgIpc) is 2.84. The van der Waals surface area contributed by atoms with Crippen LogP contribution in [0.5, 0.6) is 0 Å². The number of benzene rings is 1. The first-order valence-electron chi connectivity index (χ1n) is 6.01. The van der Waals surface area contributed by atoms with Gasteiger partial charge in [0.25, 0.3) is 5.91 Å². The van der Waals surface area contributed by atoms with Gasteiger partial charge in [0.1, 0.15) is 6.10 Å². The summed E-state index contributed by atoms with van der Waals surface area (Å²) in [6.45, 7) is 0.125. The Bertz CT molecular complexity index is 627. The van der Waals surface area contributed by atoms with Gasteiger partial charge in [-0.05, 0) is 30.3 Å². The van der Waals surface area contributed by atoms with E-state index in [0.29, 0.717) is 10.6 Å². The topological polar surface area (TPSA) is 54.3 Å². The van der Waals surface area contributed by atoms with Crippen LogP contribution in [-0.2, 0) is 7.05 Å². The van der Waals surface area contributed by atoms with Crippen LogP contribution in [0.3, 0.4) is 0 Å². The second-order valence-electron chi connectivity index (χ2n) is 4.39. The van der Waals surface area contributed by atoms with Gasteiger partial charge in [-0.2, -0.15) is 0 Å². The minimum atomic E-state index is -0.759. The summed E-state index contributed by atoms with van der Waals surface area (Å²) >= 11 is 9.28. The van der Waals surface area contributed by atoms with E-state index in [4.69, 9.17) is 11.6 Å². The third-order valence-corrected chi connectivity index (χ3v) is 3.78. The molecule has 0 aliphatic carbocycles. The molecular formula is C14H14BrClN2O2. The molecule has 1 aromatic carbocycles. The van der Waals surface area contributed by atoms with Gasteiger partial charge in [0, 0.05) is 30.0 Å². The zero-order valence-corrected chi connectivity index (χ0v) is 13.1. The first-order valence-corrected chi connectivity index (χ1v) is 7.18. The monoisotopic (exact) mass is 356 g/mol. The van der Waals surface area contributed by atoms with Gasteiger partial charge in [-0.3, -0.25) is 4.79 Å². The molecule has 2 rings (SSSR count). The number of aromatic nitrogens is 1. The minimum absolute atomic E-state index is 0.125. The van der Waals surface area contributed by atoms with E-state index in [1.807, 2.05) is 29.9 Å². The molecule has 0 spiro atoms. The SMILES string of the molecule is Cn1cccc1[C@H](O)CNC(=O)c1cc(Br)ccc1Cl.